The van der Waals surface area contributed by atoms with Gasteiger partial charge in [-0.15, -0.1) is 0 Å². The van der Waals surface area contributed by atoms with Crippen LogP contribution in [0.15, 0.2) is 91.8 Å². The van der Waals surface area contributed by atoms with E-state index in [1.54, 1.807) is 18.2 Å². The molecule has 0 atom stereocenters. The second-order valence-corrected chi connectivity index (χ2v) is 7.83. The molecule has 3 aromatic carbocycles. The number of hydrogen-bond acceptors (Lipinski definition) is 7. The van der Waals surface area contributed by atoms with E-state index >= 15 is 0 Å². The molecule has 0 fully saturated rings. The highest BCUT2D eigenvalue weighted by molar-refractivity contribution is 6.32. The third-order valence-corrected chi connectivity index (χ3v) is 5.12. The molecule has 4 rings (SSSR count). The lowest BCUT2D eigenvalue weighted by molar-refractivity contribution is -0.111. The number of aromatic nitrogens is 3. The number of anilines is 4. The maximum absolute atomic E-state index is 11.5. The normalized spacial score (nSPS) is 10.3. The second-order valence-electron chi connectivity index (χ2n) is 7.42. The van der Waals surface area contributed by atoms with Crippen molar-refractivity contribution < 1.29 is 9.53 Å². The van der Waals surface area contributed by atoms with Crippen molar-refractivity contribution in [3.05, 3.63) is 108 Å². The van der Waals surface area contributed by atoms with Crippen LogP contribution in [0.5, 0.6) is 5.75 Å². The van der Waals surface area contributed by atoms with Crippen LogP contribution in [-0.4, -0.2) is 20.9 Å². The summed E-state index contributed by atoms with van der Waals surface area (Å²) in [7, 11) is 0. The minimum atomic E-state index is -0.287. The molecule has 1 amide bonds. The number of ether oxygens (including phenoxy) is 1. The number of hydrogen-bond donors (Lipinski definition) is 3. The predicted molar refractivity (Wildman–Crippen MR) is 138 cm³/mol. The van der Waals surface area contributed by atoms with Gasteiger partial charge in [-0.3, -0.25) is 4.79 Å². The van der Waals surface area contributed by atoms with Crippen molar-refractivity contribution >= 4 is 40.8 Å². The van der Waals surface area contributed by atoms with Crippen molar-refractivity contribution in [3.8, 4) is 5.75 Å². The molecule has 0 radical (unpaired) electrons. The van der Waals surface area contributed by atoms with Gasteiger partial charge in [0.2, 0.25) is 17.8 Å². The number of rotatable bonds is 10. The van der Waals surface area contributed by atoms with Crippen LogP contribution in [-0.2, 0) is 17.9 Å². The fraction of sp³-hybridized carbons (Fsp3) is 0.0769. The minimum Gasteiger partial charge on any atom is -0.487 e. The lowest BCUT2D eigenvalue weighted by atomic mass is 10.2. The van der Waals surface area contributed by atoms with E-state index in [9.17, 15) is 4.79 Å². The number of amides is 1. The van der Waals surface area contributed by atoms with Crippen LogP contribution < -0.4 is 20.7 Å². The zero-order valence-corrected chi connectivity index (χ0v) is 19.5. The van der Waals surface area contributed by atoms with Crippen LogP contribution in [0.1, 0.15) is 11.1 Å². The Morgan fingerprint density at radius 2 is 1.74 bits per heavy atom. The Morgan fingerprint density at radius 3 is 2.54 bits per heavy atom. The molecule has 4 aromatic rings. The molecule has 0 aliphatic heterocycles. The van der Waals surface area contributed by atoms with E-state index < -0.39 is 0 Å². The van der Waals surface area contributed by atoms with Crippen LogP contribution in [0.2, 0.25) is 5.02 Å². The number of carbonyl (C=O) groups is 1. The number of carbonyl (C=O) groups excluding carboxylic acids is 1. The molecule has 8 nitrogen and oxygen atoms in total. The average Bonchev–Trinajstić information content (AvgIpc) is 2.88. The molecule has 1 aromatic heterocycles. The summed E-state index contributed by atoms with van der Waals surface area (Å²) in [6.45, 7) is 4.36. The largest absolute Gasteiger partial charge is 0.487 e. The number of benzene rings is 3. The highest BCUT2D eigenvalue weighted by Crippen LogP contribution is 2.26. The molecule has 0 bridgehead atoms. The first-order valence-electron chi connectivity index (χ1n) is 10.8. The van der Waals surface area contributed by atoms with Gasteiger partial charge in [0.1, 0.15) is 18.7 Å². The van der Waals surface area contributed by atoms with E-state index in [0.29, 0.717) is 47.2 Å². The summed E-state index contributed by atoms with van der Waals surface area (Å²) >= 11 is 6.41. The highest BCUT2D eigenvalue weighted by Gasteiger charge is 2.07. The number of nitrogens with one attached hydrogen (secondary N) is 3. The molecule has 3 N–H and O–H groups in total. The average molecular weight is 487 g/mol. The molecule has 0 aliphatic rings. The Bertz CT molecular complexity index is 1320. The summed E-state index contributed by atoms with van der Waals surface area (Å²) in [5.41, 5.74) is 3.35. The van der Waals surface area contributed by atoms with E-state index in [1.807, 2.05) is 54.6 Å². The van der Waals surface area contributed by atoms with E-state index in [1.165, 1.54) is 12.4 Å². The molecule has 0 aliphatic carbocycles. The topological polar surface area (TPSA) is 101 Å². The van der Waals surface area contributed by atoms with Crippen LogP contribution in [0.25, 0.3) is 0 Å². The standard InChI is InChI=1S/C26H23ClN6O2/c1-2-24(34)31-20-9-6-10-21(14-20)32-26-30-17-29-25(33-26)28-15-19-11-12-23(22(27)13-19)35-16-18-7-4-3-5-8-18/h2-14,17H,1,15-16H2,(H,31,34)(H2,28,29,30,32,33). The summed E-state index contributed by atoms with van der Waals surface area (Å²) in [6.07, 6.45) is 2.62. The summed E-state index contributed by atoms with van der Waals surface area (Å²) < 4.78 is 5.83. The van der Waals surface area contributed by atoms with Gasteiger partial charge in [0, 0.05) is 17.9 Å². The fourth-order valence-corrected chi connectivity index (χ4v) is 3.38. The molecule has 0 unspecified atom stereocenters. The molecule has 35 heavy (non-hydrogen) atoms. The quantitative estimate of drug-likeness (QED) is 0.251. The van der Waals surface area contributed by atoms with Crippen LogP contribution in [0.3, 0.4) is 0 Å². The van der Waals surface area contributed by atoms with Gasteiger partial charge < -0.3 is 20.7 Å². The molecule has 0 saturated heterocycles. The van der Waals surface area contributed by atoms with Gasteiger partial charge in [0.15, 0.2) is 0 Å². The minimum absolute atomic E-state index is 0.287. The summed E-state index contributed by atoms with van der Waals surface area (Å²) in [4.78, 5) is 24.2. The lowest BCUT2D eigenvalue weighted by Crippen LogP contribution is -2.08. The molecular formula is C26H23ClN6O2. The second kappa shape index (κ2) is 11.6. The van der Waals surface area contributed by atoms with Gasteiger partial charge in [-0.25, -0.2) is 9.97 Å². The summed E-state index contributed by atoms with van der Waals surface area (Å²) in [6, 6.07) is 22.7. The van der Waals surface area contributed by atoms with Crippen LogP contribution in [0, 0.1) is 0 Å². The summed E-state index contributed by atoms with van der Waals surface area (Å²) in [5, 5.41) is 9.51. The molecule has 1 heterocycles. The molecular weight excluding hydrogens is 464 g/mol. The Morgan fingerprint density at radius 1 is 0.943 bits per heavy atom. The molecule has 176 valence electrons. The van der Waals surface area contributed by atoms with Gasteiger partial charge in [-0.2, -0.15) is 4.98 Å². The van der Waals surface area contributed by atoms with Crippen molar-refractivity contribution in [1.29, 1.82) is 0 Å². The lowest BCUT2D eigenvalue weighted by Gasteiger charge is -2.11. The van der Waals surface area contributed by atoms with Crippen molar-refractivity contribution in [1.82, 2.24) is 15.0 Å². The third kappa shape index (κ3) is 7.02. The monoisotopic (exact) mass is 486 g/mol. The van der Waals surface area contributed by atoms with Gasteiger partial charge in [-0.1, -0.05) is 60.6 Å². The number of halogens is 1. The smallest absolute Gasteiger partial charge is 0.247 e. The van der Waals surface area contributed by atoms with E-state index in [-0.39, 0.29) is 5.91 Å². The summed E-state index contributed by atoms with van der Waals surface area (Å²) in [5.74, 6) is 1.10. The first kappa shape index (κ1) is 23.7. The van der Waals surface area contributed by atoms with Crippen molar-refractivity contribution in [2.24, 2.45) is 0 Å². The van der Waals surface area contributed by atoms with E-state index in [4.69, 9.17) is 16.3 Å². The SMILES string of the molecule is C=CC(=O)Nc1cccc(Nc2ncnc(NCc3ccc(OCc4ccccc4)c(Cl)c3)n2)c1. The molecule has 9 heteroatoms. The first-order valence-corrected chi connectivity index (χ1v) is 11.2. The Kier molecular flexibility index (Phi) is 7.88. The maximum Gasteiger partial charge on any atom is 0.247 e. The van der Waals surface area contributed by atoms with Crippen LogP contribution >= 0.6 is 11.6 Å². The van der Waals surface area contributed by atoms with Crippen molar-refractivity contribution in [3.63, 3.8) is 0 Å². The van der Waals surface area contributed by atoms with Gasteiger partial charge >= 0.3 is 0 Å². The highest BCUT2D eigenvalue weighted by atomic mass is 35.5. The van der Waals surface area contributed by atoms with E-state index in [2.05, 4.69) is 37.5 Å². The van der Waals surface area contributed by atoms with Crippen molar-refractivity contribution in [2.45, 2.75) is 13.2 Å². The van der Waals surface area contributed by atoms with Crippen molar-refractivity contribution in [2.75, 3.05) is 16.0 Å². The third-order valence-electron chi connectivity index (χ3n) is 4.83. The Balaban J connectivity index is 1.34. The zero-order chi connectivity index (χ0) is 24.5. The maximum atomic E-state index is 11.5. The van der Waals surface area contributed by atoms with Crippen LogP contribution in [0.4, 0.5) is 23.3 Å². The van der Waals surface area contributed by atoms with Gasteiger partial charge in [-0.05, 0) is 47.5 Å². The number of nitrogens with zero attached hydrogens (tertiary/aromatic N) is 3. The van der Waals surface area contributed by atoms with E-state index in [0.717, 1.165) is 11.1 Å². The van der Waals surface area contributed by atoms with Gasteiger partial charge in [0.25, 0.3) is 0 Å². The zero-order valence-electron chi connectivity index (χ0n) is 18.7. The fourth-order valence-electron chi connectivity index (χ4n) is 3.13. The molecule has 0 spiro atoms. The molecule has 0 saturated carbocycles. The van der Waals surface area contributed by atoms with Gasteiger partial charge in [0.05, 0.1) is 5.02 Å². The Labute approximate surface area is 208 Å². The Hall–Kier alpha value is -4.43. The first-order chi connectivity index (χ1) is 17.1. The predicted octanol–water partition coefficient (Wildman–Crippen LogP) is 5.58.